The summed E-state index contributed by atoms with van der Waals surface area (Å²) in [5.41, 5.74) is 1.22. The molecule has 1 unspecified atom stereocenters. The van der Waals surface area contributed by atoms with Crippen molar-refractivity contribution in [3.8, 4) is 6.07 Å². The number of halogens is 1. The molecule has 0 aromatic heterocycles. The summed E-state index contributed by atoms with van der Waals surface area (Å²) in [6.45, 7) is 1.96. The molecule has 1 rings (SSSR count). The minimum absolute atomic E-state index is 0.109. The number of nitrogens with zero attached hydrogens (tertiary/aromatic N) is 1. The van der Waals surface area contributed by atoms with E-state index in [1.807, 2.05) is 6.92 Å². The van der Waals surface area contributed by atoms with Crippen LogP contribution in [0.4, 0.5) is 5.69 Å². The molecular formula is C13H15ClN2O2. The minimum Gasteiger partial charge on any atom is -0.481 e. The summed E-state index contributed by atoms with van der Waals surface area (Å²) in [4.78, 5) is 10.4. The molecule has 1 atom stereocenters. The van der Waals surface area contributed by atoms with Crippen LogP contribution in [-0.4, -0.2) is 17.1 Å². The van der Waals surface area contributed by atoms with E-state index >= 15 is 0 Å². The van der Waals surface area contributed by atoms with E-state index in [0.717, 1.165) is 12.1 Å². The molecule has 0 aliphatic rings. The molecule has 1 aromatic carbocycles. The quantitative estimate of drug-likeness (QED) is 0.829. The number of aliphatic carboxylic acids is 1. The molecule has 0 spiro atoms. The highest BCUT2D eigenvalue weighted by Gasteiger charge is 2.07. The van der Waals surface area contributed by atoms with Gasteiger partial charge in [-0.15, -0.1) is 0 Å². The Morgan fingerprint density at radius 1 is 1.61 bits per heavy atom. The smallest absolute Gasteiger partial charge is 0.303 e. The average molecular weight is 267 g/mol. The monoisotopic (exact) mass is 266 g/mol. The first-order valence-corrected chi connectivity index (χ1v) is 6.08. The maximum Gasteiger partial charge on any atom is 0.303 e. The number of nitriles is 1. The van der Waals surface area contributed by atoms with Crippen molar-refractivity contribution in [1.82, 2.24) is 0 Å². The lowest BCUT2D eigenvalue weighted by Gasteiger charge is -2.15. The summed E-state index contributed by atoms with van der Waals surface area (Å²) in [5, 5.41) is 21.2. The fourth-order valence-corrected chi connectivity index (χ4v) is 1.80. The van der Waals surface area contributed by atoms with Crippen molar-refractivity contribution in [2.24, 2.45) is 0 Å². The number of rotatable bonds is 6. The van der Waals surface area contributed by atoms with Gasteiger partial charge in [0.2, 0.25) is 0 Å². The van der Waals surface area contributed by atoms with Gasteiger partial charge in [0.15, 0.2) is 0 Å². The second-order valence-electron chi connectivity index (χ2n) is 4.13. The Balaban J connectivity index is 2.56. The Kier molecular flexibility index (Phi) is 5.47. The molecular weight excluding hydrogens is 252 g/mol. The van der Waals surface area contributed by atoms with Crippen LogP contribution in [-0.2, 0) is 4.79 Å². The third-order valence-corrected chi connectivity index (χ3v) is 2.77. The van der Waals surface area contributed by atoms with Gasteiger partial charge in [-0.25, -0.2) is 0 Å². The normalized spacial score (nSPS) is 11.6. The molecule has 18 heavy (non-hydrogen) atoms. The number of carbonyl (C=O) groups is 1. The van der Waals surface area contributed by atoms with Crippen LogP contribution in [0.15, 0.2) is 18.2 Å². The number of carboxylic acids is 1. The molecule has 5 heteroatoms. The summed E-state index contributed by atoms with van der Waals surface area (Å²) >= 11 is 5.81. The Bertz CT molecular complexity index is 469. The molecule has 0 aliphatic heterocycles. The van der Waals surface area contributed by atoms with E-state index in [9.17, 15) is 4.79 Å². The summed E-state index contributed by atoms with van der Waals surface area (Å²) in [7, 11) is 0. The van der Waals surface area contributed by atoms with Gasteiger partial charge in [0, 0.05) is 17.5 Å². The standard InChI is InChI=1S/C13H15ClN2O2/c1-9(3-2-4-13(17)18)16-12-6-5-11(14)7-10(12)8-15/h5-7,9,16H,2-4H2,1H3,(H,17,18). The molecule has 96 valence electrons. The summed E-state index contributed by atoms with van der Waals surface area (Å²) < 4.78 is 0. The van der Waals surface area contributed by atoms with Crippen LogP contribution in [0.2, 0.25) is 5.02 Å². The predicted octanol–water partition coefficient (Wildman–Crippen LogP) is 3.27. The van der Waals surface area contributed by atoms with E-state index in [2.05, 4.69) is 11.4 Å². The maximum absolute atomic E-state index is 10.4. The summed E-state index contributed by atoms with van der Waals surface area (Å²) in [6.07, 6.45) is 1.51. The predicted molar refractivity (Wildman–Crippen MR) is 70.7 cm³/mol. The number of anilines is 1. The van der Waals surface area contributed by atoms with Gasteiger partial charge in [-0.1, -0.05) is 11.6 Å². The lowest BCUT2D eigenvalue weighted by Crippen LogP contribution is -2.16. The third kappa shape index (κ3) is 4.64. The zero-order valence-electron chi connectivity index (χ0n) is 10.1. The average Bonchev–Trinajstić information content (AvgIpc) is 2.31. The van der Waals surface area contributed by atoms with E-state index in [1.54, 1.807) is 18.2 Å². The van der Waals surface area contributed by atoms with Gasteiger partial charge in [0.25, 0.3) is 0 Å². The SMILES string of the molecule is CC(CCCC(=O)O)Nc1ccc(Cl)cc1C#N. The second kappa shape index (κ2) is 6.87. The van der Waals surface area contributed by atoms with Crippen molar-refractivity contribution >= 4 is 23.3 Å². The van der Waals surface area contributed by atoms with E-state index in [1.165, 1.54) is 0 Å². The van der Waals surface area contributed by atoms with Gasteiger partial charge in [0.1, 0.15) is 6.07 Å². The van der Waals surface area contributed by atoms with E-state index in [4.69, 9.17) is 22.0 Å². The topological polar surface area (TPSA) is 73.1 Å². The molecule has 4 nitrogen and oxygen atoms in total. The lowest BCUT2D eigenvalue weighted by atomic mass is 10.1. The maximum atomic E-state index is 10.4. The Morgan fingerprint density at radius 2 is 2.33 bits per heavy atom. The van der Waals surface area contributed by atoms with Crippen LogP contribution in [0.25, 0.3) is 0 Å². The zero-order valence-corrected chi connectivity index (χ0v) is 10.9. The van der Waals surface area contributed by atoms with Gasteiger partial charge < -0.3 is 10.4 Å². The van der Waals surface area contributed by atoms with Crippen LogP contribution in [0.5, 0.6) is 0 Å². The fraction of sp³-hybridized carbons (Fsp3) is 0.385. The highest BCUT2D eigenvalue weighted by Crippen LogP contribution is 2.21. The largest absolute Gasteiger partial charge is 0.481 e. The van der Waals surface area contributed by atoms with E-state index in [-0.39, 0.29) is 12.5 Å². The van der Waals surface area contributed by atoms with Gasteiger partial charge in [0.05, 0.1) is 11.3 Å². The molecule has 0 aliphatic carbocycles. The molecule has 0 saturated carbocycles. The Labute approximate surface area is 111 Å². The number of nitrogens with one attached hydrogen (secondary N) is 1. The number of carboxylic acid groups (broad SMARTS) is 1. The van der Waals surface area contributed by atoms with Crippen molar-refractivity contribution in [2.45, 2.75) is 32.2 Å². The molecule has 0 saturated heterocycles. The van der Waals surface area contributed by atoms with Gasteiger partial charge in [-0.05, 0) is 38.0 Å². The van der Waals surface area contributed by atoms with Crippen LogP contribution in [0.3, 0.4) is 0 Å². The van der Waals surface area contributed by atoms with Crippen LogP contribution >= 0.6 is 11.6 Å². The number of benzene rings is 1. The first-order valence-electron chi connectivity index (χ1n) is 5.71. The van der Waals surface area contributed by atoms with Crippen molar-refractivity contribution in [3.05, 3.63) is 28.8 Å². The highest BCUT2D eigenvalue weighted by atomic mass is 35.5. The van der Waals surface area contributed by atoms with Gasteiger partial charge in [-0.2, -0.15) is 5.26 Å². The molecule has 0 fully saturated rings. The third-order valence-electron chi connectivity index (χ3n) is 2.53. The Hall–Kier alpha value is -1.73. The molecule has 0 amide bonds. The Morgan fingerprint density at radius 3 is 2.94 bits per heavy atom. The van der Waals surface area contributed by atoms with E-state index < -0.39 is 5.97 Å². The van der Waals surface area contributed by atoms with Gasteiger partial charge >= 0.3 is 5.97 Å². The lowest BCUT2D eigenvalue weighted by molar-refractivity contribution is -0.137. The van der Waals surface area contributed by atoms with Crippen LogP contribution in [0, 0.1) is 11.3 Å². The summed E-state index contributed by atoms with van der Waals surface area (Å²) in [6, 6.07) is 7.26. The molecule has 0 heterocycles. The number of hydrogen-bond donors (Lipinski definition) is 2. The zero-order chi connectivity index (χ0) is 13.5. The molecule has 0 radical (unpaired) electrons. The van der Waals surface area contributed by atoms with Crippen LogP contribution in [0.1, 0.15) is 31.7 Å². The van der Waals surface area contributed by atoms with Crippen molar-refractivity contribution in [1.29, 1.82) is 5.26 Å². The fourth-order valence-electron chi connectivity index (χ4n) is 1.63. The number of hydrogen-bond acceptors (Lipinski definition) is 3. The van der Waals surface area contributed by atoms with Crippen molar-refractivity contribution in [3.63, 3.8) is 0 Å². The van der Waals surface area contributed by atoms with Gasteiger partial charge in [-0.3, -0.25) is 4.79 Å². The van der Waals surface area contributed by atoms with E-state index in [0.29, 0.717) is 17.0 Å². The highest BCUT2D eigenvalue weighted by molar-refractivity contribution is 6.30. The van der Waals surface area contributed by atoms with Crippen molar-refractivity contribution < 1.29 is 9.90 Å². The first kappa shape index (κ1) is 14.3. The minimum atomic E-state index is -0.786. The van der Waals surface area contributed by atoms with Crippen molar-refractivity contribution in [2.75, 3.05) is 5.32 Å². The second-order valence-corrected chi connectivity index (χ2v) is 4.57. The molecule has 2 N–H and O–H groups in total. The van der Waals surface area contributed by atoms with Crippen LogP contribution < -0.4 is 5.32 Å². The molecule has 0 bridgehead atoms. The first-order chi connectivity index (χ1) is 8.52. The molecule has 1 aromatic rings. The summed E-state index contributed by atoms with van der Waals surface area (Å²) in [5.74, 6) is -0.786.